The highest BCUT2D eigenvalue weighted by molar-refractivity contribution is 7.47. The van der Waals surface area contributed by atoms with Crippen molar-refractivity contribution in [1.82, 2.24) is 5.32 Å². The van der Waals surface area contributed by atoms with E-state index in [2.05, 4.69) is 31.3 Å². The van der Waals surface area contributed by atoms with Crippen molar-refractivity contribution in [2.24, 2.45) is 0 Å². The minimum absolute atomic E-state index is 0.0651. The van der Waals surface area contributed by atoms with E-state index < -0.39 is 20.0 Å². The molecule has 1 amide bonds. The Balaban J connectivity index is 3.88. The van der Waals surface area contributed by atoms with Crippen molar-refractivity contribution in [3.05, 3.63) is 24.3 Å². The van der Waals surface area contributed by atoms with Crippen molar-refractivity contribution in [1.29, 1.82) is 0 Å². The second-order valence-corrected chi connectivity index (χ2v) is 32.4. The number of allylic oxidation sites excluding steroid dienone is 3. The molecule has 0 aliphatic rings. The number of phosphoric ester groups is 1. The Morgan fingerprint density at radius 1 is 0.351 bits per heavy atom. The second-order valence-electron chi connectivity index (χ2n) is 30.9. The number of carbonyl (C=O) groups excluding carboxylic acids is 1. The first kappa shape index (κ1) is 93.0. The summed E-state index contributed by atoms with van der Waals surface area (Å²) in [5.41, 5.74) is 0. The van der Waals surface area contributed by atoms with E-state index in [0.29, 0.717) is 17.4 Å². The maximum absolute atomic E-state index is 13.1. The Hall–Kier alpha value is -1.02. The molecule has 0 aliphatic heterocycles. The number of unbranched alkanes of at least 4 members (excludes halogenated alkanes) is 66. The normalized spacial score (nSPS) is 13.5. The summed E-state index contributed by atoms with van der Waals surface area (Å²) in [5, 5.41) is 14.1. The van der Waals surface area contributed by atoms with Gasteiger partial charge in [-0.1, -0.05) is 436 Å². The molecule has 0 spiro atoms. The fourth-order valence-corrected chi connectivity index (χ4v) is 14.3. The lowest BCUT2D eigenvalue weighted by atomic mass is 10.0. The fraction of sp³-hybridized carbons (Fsp3) is 0.941. The second kappa shape index (κ2) is 76.2. The third-order valence-electron chi connectivity index (χ3n) is 20.2. The van der Waals surface area contributed by atoms with Gasteiger partial charge in [-0.2, -0.15) is 0 Å². The molecule has 3 N–H and O–H groups in total. The van der Waals surface area contributed by atoms with E-state index in [0.717, 1.165) is 32.1 Å². The van der Waals surface area contributed by atoms with E-state index in [-0.39, 0.29) is 19.1 Å². The molecule has 0 fully saturated rings. The van der Waals surface area contributed by atoms with E-state index in [9.17, 15) is 19.4 Å². The lowest BCUT2D eigenvalue weighted by Crippen LogP contribution is -2.45. The molecule has 0 aromatic rings. The highest BCUT2D eigenvalue weighted by atomic mass is 31.2. The van der Waals surface area contributed by atoms with Gasteiger partial charge in [0.05, 0.1) is 39.9 Å². The molecular weight excluding hydrogens is 1180 g/mol. The number of phosphoric acid groups is 1. The van der Waals surface area contributed by atoms with Gasteiger partial charge >= 0.3 is 7.82 Å². The van der Waals surface area contributed by atoms with Gasteiger partial charge in [0.25, 0.3) is 0 Å². The first-order chi connectivity index (χ1) is 46.0. The Morgan fingerprint density at radius 2 is 0.574 bits per heavy atom. The summed E-state index contributed by atoms with van der Waals surface area (Å²) in [4.78, 5) is 23.5. The van der Waals surface area contributed by atoms with Gasteiger partial charge in [0.1, 0.15) is 13.2 Å². The first-order valence-electron chi connectivity index (χ1n) is 42.7. The van der Waals surface area contributed by atoms with Gasteiger partial charge in [-0.3, -0.25) is 13.8 Å². The lowest BCUT2D eigenvalue weighted by Gasteiger charge is -2.25. The molecule has 8 nitrogen and oxygen atoms in total. The summed E-state index contributed by atoms with van der Waals surface area (Å²) < 4.78 is 23.9. The van der Waals surface area contributed by atoms with Crippen LogP contribution in [0, 0.1) is 0 Å². The number of aliphatic hydroxyl groups is 1. The zero-order chi connectivity index (χ0) is 68.3. The third-order valence-corrected chi connectivity index (χ3v) is 21.1. The van der Waals surface area contributed by atoms with Gasteiger partial charge in [0, 0.05) is 6.42 Å². The van der Waals surface area contributed by atoms with Gasteiger partial charge in [0.15, 0.2) is 0 Å². The van der Waals surface area contributed by atoms with Gasteiger partial charge in [-0.15, -0.1) is 0 Å². The number of aliphatic hydroxyl groups excluding tert-OH is 1. The quantitative estimate of drug-likeness (QED) is 0.0243. The topological polar surface area (TPSA) is 105 Å². The van der Waals surface area contributed by atoms with Crippen LogP contribution in [0.4, 0.5) is 0 Å². The predicted molar refractivity (Wildman–Crippen MR) is 415 cm³/mol. The molecule has 0 aliphatic carbocycles. The van der Waals surface area contributed by atoms with E-state index in [4.69, 9.17) is 9.05 Å². The number of hydrogen-bond donors (Lipinski definition) is 3. The number of quaternary nitrogens is 1. The van der Waals surface area contributed by atoms with Crippen molar-refractivity contribution < 1.29 is 32.9 Å². The van der Waals surface area contributed by atoms with Crippen LogP contribution in [0.15, 0.2) is 24.3 Å². The van der Waals surface area contributed by atoms with Crippen LogP contribution >= 0.6 is 7.82 Å². The zero-order valence-corrected chi connectivity index (χ0v) is 65.4. The van der Waals surface area contributed by atoms with Crippen LogP contribution in [0.5, 0.6) is 0 Å². The highest BCUT2D eigenvalue weighted by Crippen LogP contribution is 2.43. The SMILES string of the molecule is CCCCCCCCCC/C=C\CCCCCCCCCCCCCCCCCCCCCCCCCCCCCCCC(=O)NC(COP(=O)(O)OCC[N+](C)(C)C)C(O)/C=C/CCCCCCCCCCCCCCCCCCCCCCCCCCCCCCC. The third kappa shape index (κ3) is 78.3. The highest BCUT2D eigenvalue weighted by Gasteiger charge is 2.28. The molecule has 0 radical (unpaired) electrons. The summed E-state index contributed by atoms with van der Waals surface area (Å²) in [7, 11) is 1.60. The van der Waals surface area contributed by atoms with E-state index >= 15 is 0 Å². The van der Waals surface area contributed by atoms with Crippen LogP contribution in [0.3, 0.4) is 0 Å². The van der Waals surface area contributed by atoms with E-state index in [1.54, 1.807) is 6.08 Å². The molecule has 9 heteroatoms. The molecule has 3 atom stereocenters. The summed E-state index contributed by atoms with van der Waals surface area (Å²) in [6, 6.07) is -0.846. The Bertz CT molecular complexity index is 1580. The molecule has 0 heterocycles. The first-order valence-corrected chi connectivity index (χ1v) is 44.2. The molecule has 3 unspecified atom stereocenters. The van der Waals surface area contributed by atoms with Crippen molar-refractivity contribution in [2.75, 3.05) is 40.9 Å². The molecule has 0 aromatic carbocycles. The smallest absolute Gasteiger partial charge is 0.387 e. The fourth-order valence-electron chi connectivity index (χ4n) is 13.6. The molecular formula is C85H170N2O6P+. The molecule has 0 rings (SSSR count). The van der Waals surface area contributed by atoms with Crippen LogP contribution < -0.4 is 5.32 Å². The van der Waals surface area contributed by atoms with Crippen molar-refractivity contribution in [3.8, 4) is 0 Å². The summed E-state index contributed by atoms with van der Waals surface area (Å²) in [5.74, 6) is -0.165. The Labute approximate surface area is 589 Å². The van der Waals surface area contributed by atoms with Gasteiger partial charge in [-0.05, 0) is 44.9 Å². The van der Waals surface area contributed by atoms with Crippen molar-refractivity contribution in [2.45, 2.75) is 475 Å². The molecule has 0 bridgehead atoms. The maximum Gasteiger partial charge on any atom is 0.472 e. The molecule has 94 heavy (non-hydrogen) atoms. The van der Waals surface area contributed by atoms with E-state index in [1.807, 2.05) is 27.2 Å². The summed E-state index contributed by atoms with van der Waals surface area (Å²) >= 11 is 0. The molecule has 0 saturated carbocycles. The summed E-state index contributed by atoms with van der Waals surface area (Å²) in [6.07, 6.45) is 103. The standard InChI is InChI=1S/C85H169N2O6P/c1-6-8-10-12-14-16-18-20-22-24-26-28-30-32-34-36-38-39-40-41-42-43-44-45-46-47-49-51-53-55-57-59-61-63-65-67-69-71-73-75-77-79-85(89)86-83(82-93-94(90,91)92-81-80-87(3,4)5)84(88)78-76-74-72-70-68-66-64-62-60-58-56-54-52-50-48-37-35-33-31-29-27-25-23-21-19-17-15-13-11-9-7-2/h24,26,76,78,83-84,88H,6-23,25,27-75,77,79-82H2,1-5H3,(H-,86,89,90,91)/p+1/b26-24-,78-76+. The predicted octanol–water partition coefficient (Wildman–Crippen LogP) is 28.1. The summed E-state index contributed by atoms with van der Waals surface area (Å²) in [6.45, 7) is 4.90. The minimum Gasteiger partial charge on any atom is -0.387 e. The van der Waals surface area contributed by atoms with Crippen molar-refractivity contribution in [3.63, 3.8) is 0 Å². The number of carbonyl (C=O) groups is 1. The van der Waals surface area contributed by atoms with Crippen LogP contribution in [-0.2, 0) is 18.4 Å². The monoisotopic (exact) mass is 1350 g/mol. The minimum atomic E-state index is -4.36. The largest absolute Gasteiger partial charge is 0.472 e. The van der Waals surface area contributed by atoms with Crippen molar-refractivity contribution >= 4 is 13.7 Å². The number of nitrogens with zero attached hydrogens (tertiary/aromatic N) is 1. The van der Waals surface area contributed by atoms with Crippen LogP contribution in [0.2, 0.25) is 0 Å². The van der Waals surface area contributed by atoms with E-state index in [1.165, 1.54) is 411 Å². The maximum atomic E-state index is 13.1. The average molecular weight is 1350 g/mol. The van der Waals surface area contributed by atoms with Gasteiger partial charge < -0.3 is 19.8 Å². The van der Waals surface area contributed by atoms with Gasteiger partial charge in [0.2, 0.25) is 5.91 Å². The Kier molecular flexibility index (Phi) is 75.3. The average Bonchev–Trinajstić information content (AvgIpc) is 1.77. The number of hydrogen-bond acceptors (Lipinski definition) is 5. The number of likely N-dealkylation sites (N-methyl/N-ethyl adjacent to an activating group) is 1. The van der Waals surface area contributed by atoms with Crippen LogP contribution in [0.25, 0.3) is 0 Å². The van der Waals surface area contributed by atoms with Crippen LogP contribution in [-0.4, -0.2) is 73.4 Å². The lowest BCUT2D eigenvalue weighted by molar-refractivity contribution is -0.870. The molecule has 560 valence electrons. The zero-order valence-electron chi connectivity index (χ0n) is 64.5. The number of nitrogens with one attached hydrogen (secondary N) is 1. The number of amides is 1. The molecule has 0 saturated heterocycles. The van der Waals surface area contributed by atoms with Gasteiger partial charge in [-0.25, -0.2) is 4.57 Å². The Morgan fingerprint density at radius 3 is 0.819 bits per heavy atom. The number of rotatable bonds is 81. The molecule has 0 aromatic heterocycles. The van der Waals surface area contributed by atoms with Crippen LogP contribution in [0.1, 0.15) is 463 Å².